The van der Waals surface area contributed by atoms with Gasteiger partial charge in [-0.05, 0) is 12.1 Å². The van der Waals surface area contributed by atoms with Crippen molar-refractivity contribution in [3.05, 3.63) is 46.7 Å². The molecule has 0 N–H and O–H groups in total. The third-order valence-corrected chi connectivity index (χ3v) is 5.52. The predicted octanol–water partition coefficient (Wildman–Crippen LogP) is 3.32. The number of thiazole rings is 1. The number of carbonyl (C=O) groups excluding carboxylic acids is 1. The Kier molecular flexibility index (Phi) is 3.92. The van der Waals surface area contributed by atoms with Crippen molar-refractivity contribution < 1.29 is 13.7 Å². The first-order valence-electron chi connectivity index (χ1n) is 7.11. The standard InChI is InChI=1S/C15H13N3O3S2/c19-15(10-8-13(21-17-10)12-2-1-5-20-12)18-4-7-22-9-11(18)14-16-3-6-23-14/h1-3,5-6,8,11H,4,7,9H2/t11-/m0/s1. The van der Waals surface area contributed by atoms with Crippen molar-refractivity contribution in [3.63, 3.8) is 0 Å². The van der Waals surface area contributed by atoms with Crippen LogP contribution in [0.2, 0.25) is 0 Å². The van der Waals surface area contributed by atoms with Crippen LogP contribution >= 0.6 is 23.1 Å². The first-order valence-corrected chi connectivity index (χ1v) is 9.15. The minimum absolute atomic E-state index is 0.00925. The van der Waals surface area contributed by atoms with Gasteiger partial charge in [-0.15, -0.1) is 11.3 Å². The molecule has 118 valence electrons. The first-order chi connectivity index (χ1) is 11.3. The summed E-state index contributed by atoms with van der Waals surface area (Å²) in [5.74, 6) is 2.64. The molecule has 1 aliphatic rings. The van der Waals surface area contributed by atoms with Crippen molar-refractivity contribution in [2.45, 2.75) is 6.04 Å². The van der Waals surface area contributed by atoms with Crippen LogP contribution < -0.4 is 0 Å². The van der Waals surface area contributed by atoms with Crippen LogP contribution in [0.4, 0.5) is 0 Å². The number of amides is 1. The minimum Gasteiger partial charge on any atom is -0.461 e. The van der Waals surface area contributed by atoms with Crippen LogP contribution in [0.25, 0.3) is 11.5 Å². The van der Waals surface area contributed by atoms with Gasteiger partial charge in [0.2, 0.25) is 5.76 Å². The molecule has 1 saturated heterocycles. The smallest absolute Gasteiger partial charge is 0.276 e. The lowest BCUT2D eigenvalue weighted by molar-refractivity contribution is 0.0690. The summed E-state index contributed by atoms with van der Waals surface area (Å²) < 4.78 is 10.5. The molecule has 0 radical (unpaired) electrons. The molecule has 6 nitrogen and oxygen atoms in total. The topological polar surface area (TPSA) is 72.4 Å². The molecule has 0 bridgehead atoms. The van der Waals surface area contributed by atoms with Crippen molar-refractivity contribution in [1.82, 2.24) is 15.0 Å². The Morgan fingerprint density at radius 1 is 1.39 bits per heavy atom. The van der Waals surface area contributed by atoms with Gasteiger partial charge in [-0.1, -0.05) is 5.16 Å². The fourth-order valence-electron chi connectivity index (χ4n) is 2.51. The Labute approximate surface area is 140 Å². The number of nitrogens with zero attached hydrogens (tertiary/aromatic N) is 3. The molecule has 0 aromatic carbocycles. The molecular formula is C15H13N3O3S2. The van der Waals surface area contributed by atoms with Gasteiger partial charge in [-0.2, -0.15) is 11.8 Å². The van der Waals surface area contributed by atoms with E-state index in [4.69, 9.17) is 8.94 Å². The molecule has 1 atom stereocenters. The summed E-state index contributed by atoms with van der Waals surface area (Å²) in [6, 6.07) is 5.15. The van der Waals surface area contributed by atoms with E-state index in [1.807, 2.05) is 22.0 Å². The highest BCUT2D eigenvalue weighted by molar-refractivity contribution is 7.99. The summed E-state index contributed by atoms with van der Waals surface area (Å²) >= 11 is 3.41. The van der Waals surface area contributed by atoms with Crippen LogP contribution in [-0.4, -0.2) is 39.0 Å². The predicted molar refractivity (Wildman–Crippen MR) is 87.4 cm³/mol. The van der Waals surface area contributed by atoms with E-state index in [0.717, 1.165) is 16.5 Å². The highest BCUT2D eigenvalue weighted by atomic mass is 32.2. The quantitative estimate of drug-likeness (QED) is 0.724. The molecule has 4 rings (SSSR count). The first kappa shape index (κ1) is 14.5. The zero-order valence-corrected chi connectivity index (χ0v) is 13.7. The minimum atomic E-state index is -0.132. The molecule has 0 spiro atoms. The fourth-order valence-corrected chi connectivity index (χ4v) is 4.42. The monoisotopic (exact) mass is 347 g/mol. The van der Waals surface area contributed by atoms with Gasteiger partial charge >= 0.3 is 0 Å². The number of aromatic nitrogens is 2. The largest absolute Gasteiger partial charge is 0.461 e. The van der Waals surface area contributed by atoms with Gasteiger partial charge in [0.1, 0.15) is 5.01 Å². The van der Waals surface area contributed by atoms with E-state index in [9.17, 15) is 4.79 Å². The summed E-state index contributed by atoms with van der Waals surface area (Å²) in [4.78, 5) is 19.0. The van der Waals surface area contributed by atoms with Crippen LogP contribution in [0, 0.1) is 0 Å². The van der Waals surface area contributed by atoms with Crippen LogP contribution in [0.1, 0.15) is 21.5 Å². The molecule has 3 aromatic rings. The maximum atomic E-state index is 12.8. The number of rotatable bonds is 3. The van der Waals surface area contributed by atoms with Crippen LogP contribution in [0.15, 0.2) is 45.0 Å². The lowest BCUT2D eigenvalue weighted by Gasteiger charge is -2.33. The molecule has 23 heavy (non-hydrogen) atoms. The Morgan fingerprint density at radius 2 is 2.35 bits per heavy atom. The third-order valence-electron chi connectivity index (χ3n) is 3.62. The van der Waals surface area contributed by atoms with Crippen LogP contribution in [0.3, 0.4) is 0 Å². The summed E-state index contributed by atoms with van der Waals surface area (Å²) in [5.41, 5.74) is 0.296. The zero-order valence-electron chi connectivity index (χ0n) is 12.0. The number of carbonyl (C=O) groups is 1. The van der Waals surface area contributed by atoms with Gasteiger partial charge in [0.25, 0.3) is 5.91 Å². The SMILES string of the molecule is O=C(c1cc(-c2ccco2)on1)N1CCSC[C@H]1c1nccs1. The van der Waals surface area contributed by atoms with Gasteiger partial charge in [0.05, 0.1) is 12.3 Å². The average Bonchev–Trinajstić information content (AvgIpc) is 3.35. The Bertz CT molecular complexity index is 783. The molecule has 1 aliphatic heterocycles. The summed E-state index contributed by atoms with van der Waals surface area (Å²) in [7, 11) is 0. The molecule has 1 fully saturated rings. The molecule has 3 aromatic heterocycles. The Balaban J connectivity index is 1.60. The van der Waals surface area contributed by atoms with Crippen LogP contribution in [0.5, 0.6) is 0 Å². The lowest BCUT2D eigenvalue weighted by Crippen LogP contribution is -2.40. The van der Waals surface area contributed by atoms with Gasteiger partial charge < -0.3 is 13.8 Å². The second-order valence-corrected chi connectivity index (χ2v) is 7.09. The van der Waals surface area contributed by atoms with E-state index < -0.39 is 0 Å². The van der Waals surface area contributed by atoms with Gasteiger partial charge in [0, 0.05) is 35.7 Å². The molecule has 0 aliphatic carbocycles. The molecule has 8 heteroatoms. The summed E-state index contributed by atoms with van der Waals surface area (Å²) in [6.07, 6.45) is 3.33. The van der Waals surface area contributed by atoms with E-state index in [0.29, 0.717) is 23.8 Å². The summed E-state index contributed by atoms with van der Waals surface area (Å²) in [5, 5.41) is 6.80. The summed E-state index contributed by atoms with van der Waals surface area (Å²) in [6.45, 7) is 0.677. The third kappa shape index (κ3) is 2.79. The number of thioether (sulfide) groups is 1. The molecule has 4 heterocycles. The zero-order chi connectivity index (χ0) is 15.6. The maximum absolute atomic E-state index is 12.8. The second kappa shape index (κ2) is 6.21. The second-order valence-electron chi connectivity index (χ2n) is 5.01. The highest BCUT2D eigenvalue weighted by Crippen LogP contribution is 2.32. The van der Waals surface area contributed by atoms with Crippen molar-refractivity contribution in [2.24, 2.45) is 0 Å². The fraction of sp³-hybridized carbons (Fsp3) is 0.267. The molecule has 0 unspecified atom stereocenters. The van der Waals surface area contributed by atoms with Gasteiger partial charge in [-0.25, -0.2) is 4.98 Å². The number of furan rings is 1. The number of hydrogen-bond acceptors (Lipinski definition) is 7. The molecule has 0 saturated carbocycles. The van der Waals surface area contributed by atoms with E-state index in [1.54, 1.807) is 42.0 Å². The van der Waals surface area contributed by atoms with Crippen molar-refractivity contribution in [1.29, 1.82) is 0 Å². The van der Waals surface area contributed by atoms with E-state index in [1.165, 1.54) is 0 Å². The Hall–Kier alpha value is -2.06. The van der Waals surface area contributed by atoms with E-state index in [2.05, 4.69) is 10.1 Å². The van der Waals surface area contributed by atoms with Crippen molar-refractivity contribution in [2.75, 3.05) is 18.1 Å². The van der Waals surface area contributed by atoms with Gasteiger partial charge in [0.15, 0.2) is 11.5 Å². The highest BCUT2D eigenvalue weighted by Gasteiger charge is 2.32. The van der Waals surface area contributed by atoms with E-state index in [-0.39, 0.29) is 11.9 Å². The number of hydrogen-bond donors (Lipinski definition) is 0. The lowest BCUT2D eigenvalue weighted by atomic mass is 10.2. The molecular weight excluding hydrogens is 334 g/mol. The molecule has 1 amide bonds. The van der Waals surface area contributed by atoms with E-state index >= 15 is 0 Å². The van der Waals surface area contributed by atoms with Crippen molar-refractivity contribution >= 4 is 29.0 Å². The Morgan fingerprint density at radius 3 is 3.13 bits per heavy atom. The van der Waals surface area contributed by atoms with Crippen LogP contribution in [-0.2, 0) is 0 Å². The van der Waals surface area contributed by atoms with Crippen molar-refractivity contribution in [3.8, 4) is 11.5 Å². The average molecular weight is 347 g/mol. The normalized spacial score (nSPS) is 18.3. The van der Waals surface area contributed by atoms with Gasteiger partial charge in [-0.3, -0.25) is 4.79 Å². The maximum Gasteiger partial charge on any atom is 0.276 e.